The van der Waals surface area contributed by atoms with Crippen LogP contribution >= 0.6 is 0 Å². The number of rotatable bonds is 9. The molecule has 0 saturated carbocycles. The molecule has 0 aromatic heterocycles. The van der Waals surface area contributed by atoms with Crippen LogP contribution in [-0.4, -0.2) is 13.3 Å². The van der Waals surface area contributed by atoms with Crippen molar-refractivity contribution in [3.05, 3.63) is 108 Å². The van der Waals surface area contributed by atoms with Crippen molar-refractivity contribution >= 4 is 17.4 Å². The fourth-order valence-corrected chi connectivity index (χ4v) is 3.77. The maximum atomic E-state index is 5.25. The topological polar surface area (TPSA) is 33.6 Å². The number of methoxy groups -OCH3 is 1. The minimum atomic E-state index is 0. The van der Waals surface area contributed by atoms with Crippen LogP contribution < -0.4 is 79.1 Å². The fraction of sp³-hybridized carbons (Fsp3) is 0.333. The van der Waals surface area contributed by atoms with Gasteiger partial charge in [0.15, 0.2) is 0 Å². The molecule has 2 aromatic rings. The van der Waals surface area contributed by atoms with Crippen LogP contribution in [0, 0.1) is 12.5 Å². The van der Waals surface area contributed by atoms with Crippen LogP contribution in [0.5, 0.6) is 5.75 Å². The first-order valence-electron chi connectivity index (χ1n) is 11.9. The van der Waals surface area contributed by atoms with Gasteiger partial charge >= 0.3 is 68.9 Å². The largest absolute Gasteiger partial charge is 1.00 e. The van der Waals surface area contributed by atoms with Gasteiger partial charge in [-0.15, -0.1) is 13.3 Å². The summed E-state index contributed by atoms with van der Waals surface area (Å²) in [5, 5.41) is 4.22. The summed E-state index contributed by atoms with van der Waals surface area (Å²) in [5.41, 5.74) is 11.4. The van der Waals surface area contributed by atoms with Crippen LogP contribution in [0.4, 0.5) is 0 Å². The monoisotopic (exact) mass is 708 g/mol. The van der Waals surface area contributed by atoms with Crippen molar-refractivity contribution in [2.45, 2.75) is 68.2 Å². The van der Waals surface area contributed by atoms with E-state index in [4.69, 9.17) is 4.74 Å². The van der Waals surface area contributed by atoms with Crippen molar-refractivity contribution in [1.82, 2.24) is 5.43 Å². The second-order valence-corrected chi connectivity index (χ2v) is 8.10. The number of hydrogen-bond donors (Lipinski definition) is 1. The second-order valence-electron chi connectivity index (χ2n) is 8.10. The average Bonchev–Trinajstić information content (AvgIpc) is 2.88. The molecule has 5 heteroatoms. The van der Waals surface area contributed by atoms with E-state index in [1.165, 1.54) is 28.7 Å². The molecule has 2 aromatic carbocycles. The zero-order chi connectivity index (χ0) is 24.8. The molecule has 0 heterocycles. The summed E-state index contributed by atoms with van der Waals surface area (Å²) in [6.45, 7) is 12.2. The third-order valence-corrected chi connectivity index (χ3v) is 5.75. The minimum Gasteiger partial charge on any atom is -0.497 e. The third kappa shape index (κ3) is 14.5. The zero-order valence-corrected chi connectivity index (χ0v) is 32.0. The molecular formula is C33H46CsN2OY-. The minimum absolute atomic E-state index is 0. The number of nitrogens with zero attached hydrogens (tertiary/aromatic N) is 1. The van der Waals surface area contributed by atoms with Gasteiger partial charge in [-0.3, -0.25) is 11.5 Å². The zero-order valence-electron chi connectivity index (χ0n) is 22.9. The molecule has 0 fully saturated rings. The van der Waals surface area contributed by atoms with Gasteiger partial charge in [-0.2, -0.15) is 30.1 Å². The smallest absolute Gasteiger partial charge is 0.497 e. The molecule has 199 valence electrons. The van der Waals surface area contributed by atoms with Crippen LogP contribution in [0.25, 0.3) is 11.1 Å². The Morgan fingerprint density at radius 2 is 1.71 bits per heavy atom. The van der Waals surface area contributed by atoms with E-state index in [-0.39, 0.29) is 116 Å². The van der Waals surface area contributed by atoms with Crippen molar-refractivity contribution in [1.29, 1.82) is 0 Å². The van der Waals surface area contributed by atoms with Crippen molar-refractivity contribution in [2.75, 3.05) is 7.11 Å². The van der Waals surface area contributed by atoms with E-state index in [9.17, 15) is 0 Å². The van der Waals surface area contributed by atoms with E-state index >= 15 is 0 Å². The Labute approximate surface area is 318 Å². The first kappa shape index (κ1) is 42.3. The number of hydrogen-bond acceptors (Lipinski definition) is 3. The molecule has 0 spiro atoms. The van der Waals surface area contributed by atoms with Crippen molar-refractivity contribution in [3.8, 4) is 5.75 Å². The molecule has 1 aliphatic rings. The first-order valence-corrected chi connectivity index (χ1v) is 11.9. The van der Waals surface area contributed by atoms with Crippen molar-refractivity contribution in [3.63, 3.8) is 0 Å². The molecule has 1 radical (unpaired) electrons. The molecule has 0 saturated heterocycles. The van der Waals surface area contributed by atoms with Gasteiger partial charge in [0.2, 0.25) is 0 Å². The van der Waals surface area contributed by atoms with Gasteiger partial charge in [-0.05, 0) is 35.8 Å². The Morgan fingerprint density at radius 3 is 2.18 bits per heavy atom. The van der Waals surface area contributed by atoms with E-state index in [2.05, 4.69) is 87.6 Å². The fourth-order valence-electron chi connectivity index (χ4n) is 3.77. The molecule has 0 amide bonds. The summed E-state index contributed by atoms with van der Waals surface area (Å²) in [6, 6.07) is 16.7. The molecule has 0 atom stereocenters. The maximum Gasteiger partial charge on any atom is 1.00 e. The molecule has 1 aliphatic carbocycles. The molecule has 38 heavy (non-hydrogen) atoms. The molecule has 0 bridgehead atoms. The van der Waals surface area contributed by atoms with Crippen LogP contribution in [0.3, 0.4) is 0 Å². The standard InChI is InChI=1S/C22H25N2O.C9H13.2CH4.Cs.Y/c1-5-7-18-8-10-19(11-9-18)17(3)22(16-24-23-6-2)20-12-14-21(25-4)15-13-20;1-3-9-7-5-4-6-8(9)2;;;;/h5-6,8-16,23H,2,7H2,1,3-4H3;6H,3-5H2,1-2H3;2*1H4;;/q2*-1;;;+1;/b22-17-,24-16-;;;;;. The normalized spacial score (nSPS) is 12.3. The van der Waals surface area contributed by atoms with Gasteiger partial charge in [0, 0.05) is 44.5 Å². The van der Waals surface area contributed by atoms with Crippen LogP contribution in [-0.2, 0) is 39.1 Å². The van der Waals surface area contributed by atoms with E-state index in [0.29, 0.717) is 0 Å². The summed E-state index contributed by atoms with van der Waals surface area (Å²) in [6.07, 6.45) is 15.6. The SMILES string of the molecule is C.C.C=CN/N=C\C(=C(/C)c1ccc(C[CH-]C)cc1)c1ccc(OC)cc1.CCC1=[C-]CCC=C1C.[Cs+].[Y]. The van der Waals surface area contributed by atoms with E-state index < -0.39 is 0 Å². The summed E-state index contributed by atoms with van der Waals surface area (Å²) in [7, 11) is 1.67. The Morgan fingerprint density at radius 1 is 1.11 bits per heavy atom. The van der Waals surface area contributed by atoms with Gasteiger partial charge in [0.1, 0.15) is 5.75 Å². The van der Waals surface area contributed by atoms with Gasteiger partial charge < -0.3 is 11.2 Å². The summed E-state index contributed by atoms with van der Waals surface area (Å²) >= 11 is 0. The first-order chi connectivity index (χ1) is 16.5. The van der Waals surface area contributed by atoms with Gasteiger partial charge in [-0.25, -0.2) is 5.57 Å². The second kappa shape index (κ2) is 24.6. The molecule has 3 nitrogen and oxygen atoms in total. The Bertz CT molecular complexity index is 1040. The summed E-state index contributed by atoms with van der Waals surface area (Å²) in [5.74, 6) is 0.835. The predicted octanol–water partition coefficient (Wildman–Crippen LogP) is 6.25. The summed E-state index contributed by atoms with van der Waals surface area (Å²) in [4.78, 5) is 0. The maximum absolute atomic E-state index is 5.25. The van der Waals surface area contributed by atoms with Gasteiger partial charge in [0.05, 0.1) is 13.3 Å². The van der Waals surface area contributed by atoms with Crippen molar-refractivity contribution in [2.24, 2.45) is 5.10 Å². The average molecular weight is 709 g/mol. The number of allylic oxidation sites excluding steroid dienone is 6. The Kier molecular flexibility index (Phi) is 27.4. The molecular weight excluding hydrogens is 662 g/mol. The predicted molar refractivity (Wildman–Crippen MR) is 161 cm³/mol. The number of benzene rings is 2. The molecule has 3 rings (SSSR count). The van der Waals surface area contributed by atoms with Gasteiger partial charge in [0.25, 0.3) is 0 Å². The molecule has 0 aliphatic heterocycles. The van der Waals surface area contributed by atoms with Crippen LogP contribution in [0.2, 0.25) is 0 Å². The van der Waals surface area contributed by atoms with Gasteiger partial charge in [-0.1, -0.05) is 83.2 Å². The van der Waals surface area contributed by atoms with Crippen LogP contribution in [0.1, 0.15) is 78.5 Å². The Balaban J connectivity index is -0.000000809. The number of ether oxygens (including phenoxy) is 1. The molecule has 0 unspecified atom stereocenters. The quantitative estimate of drug-likeness (QED) is 0.145. The van der Waals surface area contributed by atoms with Crippen molar-refractivity contribution < 1.29 is 106 Å². The van der Waals surface area contributed by atoms with E-state index in [1.54, 1.807) is 13.3 Å². The third-order valence-electron chi connectivity index (χ3n) is 5.75. The number of nitrogens with one attached hydrogen (secondary N) is 1. The molecule has 1 N–H and O–H groups in total. The Hall–Kier alpha value is -0.174. The van der Waals surface area contributed by atoms with E-state index in [0.717, 1.165) is 41.7 Å². The summed E-state index contributed by atoms with van der Waals surface area (Å²) < 4.78 is 5.25. The number of hydrazone groups is 1. The van der Waals surface area contributed by atoms with E-state index in [1.807, 2.05) is 30.5 Å². The van der Waals surface area contributed by atoms with Crippen LogP contribution in [0.15, 0.2) is 83.6 Å².